The minimum absolute atomic E-state index is 0.0784. The van der Waals surface area contributed by atoms with Gasteiger partial charge in [-0.25, -0.2) is 9.18 Å². The first-order chi connectivity index (χ1) is 8.68. The van der Waals surface area contributed by atoms with Crippen molar-refractivity contribution in [3.63, 3.8) is 0 Å². The number of carboxylic acid groups (broad SMARTS) is 1. The average Bonchev–Trinajstić information content (AvgIpc) is 2.53. The Morgan fingerprint density at radius 3 is 2.79 bits per heavy atom. The summed E-state index contributed by atoms with van der Waals surface area (Å²) in [5.41, 5.74) is -1.72. The van der Waals surface area contributed by atoms with Gasteiger partial charge in [-0.3, -0.25) is 4.18 Å². The largest absolute Gasteiger partial charge is 0.464 e. The molecule has 0 saturated carbocycles. The molecule has 104 valence electrons. The maximum Gasteiger partial charge on any atom is 0.423 e. The summed E-state index contributed by atoms with van der Waals surface area (Å²) in [7, 11) is -4.42. The number of carbonyl (C=O) groups is 1. The lowest BCUT2D eigenvalue weighted by Gasteiger charge is -2.29. The summed E-state index contributed by atoms with van der Waals surface area (Å²) < 4.78 is 42.2. The molecule has 0 radical (unpaired) electrons. The zero-order chi connectivity index (χ0) is 14.4. The van der Waals surface area contributed by atoms with Gasteiger partial charge in [-0.1, -0.05) is 15.9 Å². The van der Waals surface area contributed by atoms with E-state index in [1.165, 1.54) is 19.1 Å². The predicted molar refractivity (Wildman–Crippen MR) is 66.2 cm³/mol. The molecule has 1 unspecified atom stereocenters. The first-order valence-electron chi connectivity index (χ1n) is 5.07. The Bertz CT molecular complexity index is 649. The Labute approximate surface area is 117 Å². The van der Waals surface area contributed by atoms with Crippen LogP contribution in [0.25, 0.3) is 0 Å². The van der Waals surface area contributed by atoms with E-state index in [0.717, 1.165) is 6.07 Å². The van der Waals surface area contributed by atoms with Crippen LogP contribution in [0.3, 0.4) is 0 Å². The zero-order valence-corrected chi connectivity index (χ0v) is 12.0. The molecule has 1 heterocycles. The van der Waals surface area contributed by atoms with E-state index < -0.39 is 34.4 Å². The second kappa shape index (κ2) is 4.43. The SMILES string of the molecule is CC1(c2cc(Br)ccc2F)COS(=O)(=O)N1C(=O)O. The summed E-state index contributed by atoms with van der Waals surface area (Å²) in [4.78, 5) is 11.1. The quantitative estimate of drug-likeness (QED) is 0.835. The van der Waals surface area contributed by atoms with Crippen LogP contribution in [0.5, 0.6) is 0 Å². The van der Waals surface area contributed by atoms with Gasteiger partial charge >= 0.3 is 16.4 Å². The standard InChI is InChI=1S/C10H9BrFNO5S/c1-10(7-4-6(11)2-3-8(7)12)5-18-19(16,17)13(10)9(14)15/h2-4H,5H2,1H3,(H,14,15). The number of hydrogen-bond donors (Lipinski definition) is 1. The molecular formula is C10H9BrFNO5S. The molecule has 1 atom stereocenters. The fraction of sp³-hybridized carbons (Fsp3) is 0.300. The Morgan fingerprint density at radius 1 is 1.58 bits per heavy atom. The second-order valence-corrected chi connectivity index (χ2v) is 6.54. The summed E-state index contributed by atoms with van der Waals surface area (Å²) in [6.45, 7) is 0.811. The first-order valence-corrected chi connectivity index (χ1v) is 7.22. The number of rotatable bonds is 1. The molecule has 1 aromatic carbocycles. The summed E-state index contributed by atoms with van der Waals surface area (Å²) in [6, 6.07) is 3.88. The summed E-state index contributed by atoms with van der Waals surface area (Å²) in [6.07, 6.45) is -1.72. The molecule has 6 nitrogen and oxygen atoms in total. The first kappa shape index (κ1) is 14.2. The van der Waals surface area contributed by atoms with Gasteiger partial charge in [0, 0.05) is 10.0 Å². The normalized spacial score (nSPS) is 25.5. The minimum Gasteiger partial charge on any atom is -0.464 e. The second-order valence-electron chi connectivity index (χ2n) is 4.16. The molecule has 1 N–H and O–H groups in total. The van der Waals surface area contributed by atoms with Crippen LogP contribution < -0.4 is 0 Å². The molecule has 0 bridgehead atoms. The highest BCUT2D eigenvalue weighted by Crippen LogP contribution is 2.39. The highest BCUT2D eigenvalue weighted by atomic mass is 79.9. The summed E-state index contributed by atoms with van der Waals surface area (Å²) in [5, 5.41) is 9.04. The molecule has 1 fully saturated rings. The maximum absolute atomic E-state index is 13.9. The monoisotopic (exact) mass is 353 g/mol. The Balaban J connectivity index is 2.65. The van der Waals surface area contributed by atoms with Crippen molar-refractivity contribution in [3.05, 3.63) is 34.1 Å². The van der Waals surface area contributed by atoms with Crippen LogP contribution in [0, 0.1) is 5.82 Å². The molecule has 1 aliphatic heterocycles. The van der Waals surface area contributed by atoms with Crippen LogP contribution >= 0.6 is 15.9 Å². The Morgan fingerprint density at radius 2 is 2.21 bits per heavy atom. The lowest BCUT2D eigenvalue weighted by atomic mass is 9.92. The van der Waals surface area contributed by atoms with Crippen LogP contribution in [0.4, 0.5) is 9.18 Å². The lowest BCUT2D eigenvalue weighted by Crippen LogP contribution is -2.46. The van der Waals surface area contributed by atoms with Gasteiger partial charge in [0.05, 0.1) is 6.61 Å². The van der Waals surface area contributed by atoms with Crippen molar-refractivity contribution in [2.75, 3.05) is 6.61 Å². The van der Waals surface area contributed by atoms with E-state index >= 15 is 0 Å². The highest BCUT2D eigenvalue weighted by Gasteiger charge is 2.53. The van der Waals surface area contributed by atoms with Crippen molar-refractivity contribution < 1.29 is 26.9 Å². The molecule has 0 aliphatic carbocycles. The average molecular weight is 354 g/mol. The predicted octanol–water partition coefficient (Wildman–Crippen LogP) is 2.06. The smallest absolute Gasteiger partial charge is 0.423 e. The van der Waals surface area contributed by atoms with Gasteiger partial charge in [-0.15, -0.1) is 0 Å². The molecule has 9 heteroatoms. The van der Waals surface area contributed by atoms with E-state index in [1.54, 1.807) is 0 Å². The molecule has 0 spiro atoms. The number of nitrogens with zero attached hydrogens (tertiary/aromatic N) is 1. The number of hydrogen-bond acceptors (Lipinski definition) is 4. The van der Waals surface area contributed by atoms with Crippen LogP contribution in [-0.2, 0) is 20.0 Å². The van der Waals surface area contributed by atoms with Crippen molar-refractivity contribution in [2.45, 2.75) is 12.5 Å². The number of amides is 1. The van der Waals surface area contributed by atoms with Crippen molar-refractivity contribution in [1.29, 1.82) is 0 Å². The van der Waals surface area contributed by atoms with Gasteiger partial charge in [0.15, 0.2) is 0 Å². The van der Waals surface area contributed by atoms with Gasteiger partial charge < -0.3 is 5.11 Å². The van der Waals surface area contributed by atoms with E-state index in [9.17, 15) is 17.6 Å². The highest BCUT2D eigenvalue weighted by molar-refractivity contribution is 9.10. The van der Waals surface area contributed by atoms with Gasteiger partial charge in [-0.2, -0.15) is 12.7 Å². The van der Waals surface area contributed by atoms with E-state index in [1.807, 2.05) is 0 Å². The topological polar surface area (TPSA) is 83.9 Å². The zero-order valence-electron chi connectivity index (χ0n) is 9.63. The molecule has 1 amide bonds. The van der Waals surface area contributed by atoms with Crippen LogP contribution in [0.2, 0.25) is 0 Å². The molecule has 19 heavy (non-hydrogen) atoms. The van der Waals surface area contributed by atoms with Crippen LogP contribution in [0.15, 0.2) is 22.7 Å². The Hall–Kier alpha value is -1.19. The molecule has 1 saturated heterocycles. The van der Waals surface area contributed by atoms with E-state index in [4.69, 9.17) is 5.11 Å². The van der Waals surface area contributed by atoms with Crippen molar-refractivity contribution in [2.24, 2.45) is 0 Å². The third kappa shape index (κ3) is 2.21. The van der Waals surface area contributed by atoms with E-state index in [2.05, 4.69) is 20.1 Å². The third-order valence-electron chi connectivity index (χ3n) is 2.84. The maximum atomic E-state index is 13.9. The minimum atomic E-state index is -4.42. The van der Waals surface area contributed by atoms with Crippen molar-refractivity contribution in [3.8, 4) is 0 Å². The van der Waals surface area contributed by atoms with Crippen LogP contribution in [-0.4, -0.2) is 30.5 Å². The number of benzene rings is 1. The fourth-order valence-electron chi connectivity index (χ4n) is 1.95. The number of halogens is 2. The molecule has 0 aromatic heterocycles. The lowest BCUT2D eigenvalue weighted by molar-refractivity contribution is 0.137. The molecule has 1 aromatic rings. The fourth-order valence-corrected chi connectivity index (χ4v) is 3.63. The van der Waals surface area contributed by atoms with E-state index in [-0.39, 0.29) is 9.87 Å². The Kier molecular flexibility index (Phi) is 3.31. The van der Waals surface area contributed by atoms with Gasteiger partial charge in [-0.05, 0) is 25.1 Å². The van der Waals surface area contributed by atoms with Crippen LogP contribution in [0.1, 0.15) is 12.5 Å². The van der Waals surface area contributed by atoms with Gasteiger partial charge in [0.25, 0.3) is 0 Å². The van der Waals surface area contributed by atoms with Crippen molar-refractivity contribution >= 4 is 32.3 Å². The summed E-state index contributed by atoms with van der Waals surface area (Å²) in [5.74, 6) is -0.711. The molecular weight excluding hydrogens is 345 g/mol. The van der Waals surface area contributed by atoms with Gasteiger partial charge in [0.2, 0.25) is 0 Å². The molecule has 1 aliphatic rings. The molecule has 2 rings (SSSR count). The summed E-state index contributed by atoms with van der Waals surface area (Å²) >= 11 is 3.13. The third-order valence-corrected chi connectivity index (χ3v) is 4.76. The van der Waals surface area contributed by atoms with Gasteiger partial charge in [0.1, 0.15) is 11.4 Å². The van der Waals surface area contributed by atoms with Crippen molar-refractivity contribution in [1.82, 2.24) is 4.31 Å². The van der Waals surface area contributed by atoms with E-state index in [0.29, 0.717) is 4.47 Å².